The van der Waals surface area contributed by atoms with Crippen LogP contribution in [-0.4, -0.2) is 19.5 Å². The van der Waals surface area contributed by atoms with Gasteiger partial charge in [0.1, 0.15) is 0 Å². The van der Waals surface area contributed by atoms with Gasteiger partial charge in [0.2, 0.25) is 0 Å². The molecule has 1 aliphatic rings. The van der Waals surface area contributed by atoms with Crippen molar-refractivity contribution in [3.8, 4) is 0 Å². The van der Waals surface area contributed by atoms with Gasteiger partial charge in [-0.3, -0.25) is 0 Å². The van der Waals surface area contributed by atoms with Crippen molar-refractivity contribution in [2.75, 3.05) is 11.1 Å². The first-order valence-electron chi connectivity index (χ1n) is 6.97. The van der Waals surface area contributed by atoms with Gasteiger partial charge in [-0.2, -0.15) is 0 Å². The molecule has 0 aliphatic carbocycles. The molecular weight excluding hydrogens is 348 g/mol. The molecule has 2 aromatic rings. The average molecular weight is 365 g/mol. The fraction of sp³-hybridized carbons (Fsp3) is 0.294. The van der Waals surface area contributed by atoms with Crippen LogP contribution in [0.15, 0.2) is 53.4 Å². The third kappa shape index (κ3) is 2.67. The number of alkyl halides is 1. The maximum atomic E-state index is 12.4. The quantitative estimate of drug-likeness (QED) is 0.770. The molecule has 1 heterocycles. The second-order valence-corrected chi connectivity index (χ2v) is 8.25. The predicted molar refractivity (Wildman–Crippen MR) is 88.9 cm³/mol. The zero-order valence-corrected chi connectivity index (χ0v) is 14.2. The first kappa shape index (κ1) is 14.8. The molecule has 3 rings (SSSR count). The van der Waals surface area contributed by atoms with E-state index in [0.717, 1.165) is 10.9 Å². The minimum absolute atomic E-state index is 0.0207. The monoisotopic (exact) mass is 364 g/mol. The number of rotatable bonds is 3. The lowest BCUT2D eigenvalue weighted by Gasteiger charge is -2.22. The van der Waals surface area contributed by atoms with Crippen molar-refractivity contribution in [1.29, 1.82) is 0 Å². The topological polar surface area (TPSA) is 34.1 Å². The van der Waals surface area contributed by atoms with E-state index in [9.17, 15) is 8.42 Å². The Kier molecular flexibility index (Phi) is 3.93. The molecule has 21 heavy (non-hydrogen) atoms. The highest BCUT2D eigenvalue weighted by atomic mass is 79.9. The fourth-order valence-corrected chi connectivity index (χ4v) is 5.90. The largest absolute Gasteiger partial charge is 0.224 e. The molecule has 0 bridgehead atoms. The molecule has 2 unspecified atom stereocenters. The van der Waals surface area contributed by atoms with Gasteiger partial charge in [0.15, 0.2) is 9.84 Å². The lowest BCUT2D eigenvalue weighted by Crippen LogP contribution is -2.15. The average Bonchev–Trinajstić information content (AvgIpc) is 2.73. The van der Waals surface area contributed by atoms with Gasteiger partial charge in [-0.15, -0.1) is 0 Å². The lowest BCUT2D eigenvalue weighted by atomic mass is 9.83. The molecule has 0 aromatic heterocycles. The van der Waals surface area contributed by atoms with Gasteiger partial charge < -0.3 is 0 Å². The van der Waals surface area contributed by atoms with Gasteiger partial charge >= 0.3 is 0 Å². The summed E-state index contributed by atoms with van der Waals surface area (Å²) in [5.74, 6) is 0.395. The first-order valence-corrected chi connectivity index (χ1v) is 9.74. The number of aryl methyl sites for hydroxylation is 1. The molecule has 2 atom stereocenters. The van der Waals surface area contributed by atoms with E-state index in [1.165, 1.54) is 11.1 Å². The van der Waals surface area contributed by atoms with Gasteiger partial charge in [0.05, 0.1) is 10.6 Å². The summed E-state index contributed by atoms with van der Waals surface area (Å²) in [4.78, 5) is 0.508. The van der Waals surface area contributed by atoms with Gasteiger partial charge in [-0.1, -0.05) is 64.0 Å². The Hall–Kier alpha value is -1.13. The molecule has 0 saturated heterocycles. The molecule has 0 radical (unpaired) electrons. The first-order chi connectivity index (χ1) is 10.0. The van der Waals surface area contributed by atoms with Crippen LogP contribution in [0.5, 0.6) is 0 Å². The lowest BCUT2D eigenvalue weighted by molar-refractivity contribution is 0.589. The molecule has 0 spiro atoms. The van der Waals surface area contributed by atoms with Crippen LogP contribution >= 0.6 is 15.9 Å². The highest BCUT2D eigenvalue weighted by Gasteiger charge is 2.38. The smallest absolute Gasteiger partial charge is 0.179 e. The van der Waals surface area contributed by atoms with Crippen LogP contribution in [0, 0.1) is 6.92 Å². The summed E-state index contributed by atoms with van der Waals surface area (Å²) in [5, 5.41) is 0.755. The Morgan fingerprint density at radius 2 is 1.95 bits per heavy atom. The SMILES string of the molecule is Cc1cccc(C(CBr)C2CS(=O)(=O)c3ccccc32)c1. The van der Waals surface area contributed by atoms with Crippen LogP contribution in [0.4, 0.5) is 0 Å². The highest BCUT2D eigenvalue weighted by molar-refractivity contribution is 9.09. The summed E-state index contributed by atoms with van der Waals surface area (Å²) >= 11 is 3.58. The normalized spacial score (nSPS) is 21.0. The van der Waals surface area contributed by atoms with Crippen molar-refractivity contribution in [1.82, 2.24) is 0 Å². The minimum atomic E-state index is -3.15. The Morgan fingerprint density at radius 1 is 1.19 bits per heavy atom. The van der Waals surface area contributed by atoms with Gasteiger partial charge in [0, 0.05) is 17.2 Å². The van der Waals surface area contributed by atoms with E-state index in [-0.39, 0.29) is 17.6 Å². The van der Waals surface area contributed by atoms with Crippen LogP contribution in [0.1, 0.15) is 28.5 Å². The van der Waals surface area contributed by atoms with Crippen LogP contribution in [0.2, 0.25) is 0 Å². The Labute approximate surface area is 134 Å². The summed E-state index contributed by atoms with van der Waals surface area (Å²) < 4.78 is 24.7. The van der Waals surface area contributed by atoms with E-state index in [1.807, 2.05) is 18.2 Å². The maximum absolute atomic E-state index is 12.4. The van der Waals surface area contributed by atoms with Crippen LogP contribution < -0.4 is 0 Å². The van der Waals surface area contributed by atoms with E-state index in [0.29, 0.717) is 4.90 Å². The Morgan fingerprint density at radius 3 is 2.67 bits per heavy atom. The third-order valence-electron chi connectivity index (χ3n) is 4.17. The van der Waals surface area contributed by atoms with E-state index >= 15 is 0 Å². The summed E-state index contributed by atoms with van der Waals surface area (Å²) in [6.45, 7) is 2.06. The Bertz CT molecular complexity index is 768. The highest BCUT2D eigenvalue weighted by Crippen LogP contribution is 2.44. The van der Waals surface area contributed by atoms with Crippen LogP contribution in [0.25, 0.3) is 0 Å². The van der Waals surface area contributed by atoms with Gasteiger partial charge in [0.25, 0.3) is 0 Å². The molecule has 0 N–H and O–H groups in total. The molecule has 110 valence electrons. The standard InChI is InChI=1S/C17H17BrO2S/c1-12-5-4-6-13(9-12)15(10-18)16-11-21(19,20)17-8-3-2-7-14(16)17/h2-9,15-16H,10-11H2,1H3. The number of fused-ring (bicyclic) bond motifs is 1. The van der Waals surface area contributed by atoms with E-state index in [4.69, 9.17) is 0 Å². The maximum Gasteiger partial charge on any atom is 0.179 e. The van der Waals surface area contributed by atoms with Crippen molar-refractivity contribution in [3.63, 3.8) is 0 Å². The summed E-state index contributed by atoms with van der Waals surface area (Å²) in [5.41, 5.74) is 3.36. The summed E-state index contributed by atoms with van der Waals surface area (Å²) in [7, 11) is -3.15. The Balaban J connectivity index is 2.08. The van der Waals surface area contributed by atoms with Gasteiger partial charge in [-0.25, -0.2) is 8.42 Å². The van der Waals surface area contributed by atoms with Gasteiger partial charge in [-0.05, 0) is 24.1 Å². The van der Waals surface area contributed by atoms with Crippen molar-refractivity contribution in [2.45, 2.75) is 23.7 Å². The van der Waals surface area contributed by atoms with Crippen LogP contribution in [-0.2, 0) is 9.84 Å². The fourth-order valence-electron chi connectivity index (χ4n) is 3.15. The second kappa shape index (κ2) is 5.58. The number of benzene rings is 2. The molecular formula is C17H17BrO2S. The number of hydrogen-bond acceptors (Lipinski definition) is 2. The zero-order chi connectivity index (χ0) is 15.0. The summed E-state index contributed by atoms with van der Waals surface area (Å²) in [6.07, 6.45) is 0. The van der Waals surface area contributed by atoms with Crippen LogP contribution in [0.3, 0.4) is 0 Å². The van der Waals surface area contributed by atoms with E-state index < -0.39 is 9.84 Å². The second-order valence-electron chi connectivity index (χ2n) is 5.60. The molecule has 0 saturated carbocycles. The number of hydrogen-bond donors (Lipinski definition) is 0. The predicted octanol–water partition coefficient (Wildman–Crippen LogP) is 4.04. The molecule has 2 aromatic carbocycles. The van der Waals surface area contributed by atoms with Crippen molar-refractivity contribution in [3.05, 3.63) is 65.2 Å². The minimum Gasteiger partial charge on any atom is -0.224 e. The molecule has 1 aliphatic heterocycles. The van der Waals surface area contributed by atoms with Crippen molar-refractivity contribution >= 4 is 25.8 Å². The number of halogens is 1. The molecule has 2 nitrogen and oxygen atoms in total. The molecule has 0 amide bonds. The molecule has 4 heteroatoms. The van der Waals surface area contributed by atoms with Crippen molar-refractivity contribution < 1.29 is 8.42 Å². The molecule has 0 fully saturated rings. The zero-order valence-electron chi connectivity index (χ0n) is 11.8. The van der Waals surface area contributed by atoms with E-state index in [2.05, 4.69) is 41.1 Å². The number of sulfone groups is 1. The van der Waals surface area contributed by atoms with E-state index in [1.54, 1.807) is 12.1 Å². The summed E-state index contributed by atoms with van der Waals surface area (Å²) in [6, 6.07) is 15.8. The third-order valence-corrected chi connectivity index (χ3v) is 6.71. The van der Waals surface area contributed by atoms with Crippen molar-refractivity contribution in [2.24, 2.45) is 0 Å².